The Morgan fingerprint density at radius 2 is 1.85 bits per heavy atom. The van der Waals surface area contributed by atoms with Crippen molar-refractivity contribution in [2.24, 2.45) is 0 Å². The Kier molecular flexibility index (Phi) is 5.67. The van der Waals surface area contributed by atoms with Crippen molar-refractivity contribution in [2.45, 2.75) is 32.7 Å². The number of nitrogens with two attached hydrogens (primary N) is 1. The minimum atomic E-state index is -0.107. The molecule has 0 aliphatic carbocycles. The predicted molar refractivity (Wildman–Crippen MR) is 80.4 cm³/mol. The average Bonchev–Trinajstić information content (AvgIpc) is 2.45. The first-order chi connectivity index (χ1) is 9.46. The smallest absolute Gasteiger partial charge is 0.256 e. The molecule has 0 aliphatic rings. The molecule has 0 radical (unpaired) electrons. The molecule has 5 nitrogen and oxygen atoms in total. The maximum atomic E-state index is 12.5. The molecule has 1 unspecified atom stereocenters. The Morgan fingerprint density at radius 3 is 2.35 bits per heavy atom. The summed E-state index contributed by atoms with van der Waals surface area (Å²) in [7, 11) is 4.86. The van der Waals surface area contributed by atoms with Gasteiger partial charge in [0.15, 0.2) is 11.5 Å². The number of benzene rings is 1. The molecule has 0 fully saturated rings. The van der Waals surface area contributed by atoms with Crippen LogP contribution in [0.15, 0.2) is 12.1 Å². The Balaban J connectivity index is 3.09. The van der Waals surface area contributed by atoms with Crippen molar-refractivity contribution < 1.29 is 14.3 Å². The Morgan fingerprint density at radius 1 is 1.30 bits per heavy atom. The second-order valence-corrected chi connectivity index (χ2v) is 4.85. The number of ether oxygens (including phenoxy) is 2. The van der Waals surface area contributed by atoms with Gasteiger partial charge >= 0.3 is 0 Å². The molecule has 20 heavy (non-hydrogen) atoms. The van der Waals surface area contributed by atoms with Crippen LogP contribution in [0.25, 0.3) is 0 Å². The quantitative estimate of drug-likeness (QED) is 0.813. The lowest BCUT2D eigenvalue weighted by Gasteiger charge is -2.25. The normalized spacial score (nSPS) is 11.8. The zero-order chi connectivity index (χ0) is 15.3. The van der Waals surface area contributed by atoms with E-state index in [0.29, 0.717) is 22.7 Å². The van der Waals surface area contributed by atoms with Crippen LogP contribution < -0.4 is 15.2 Å². The second-order valence-electron chi connectivity index (χ2n) is 4.85. The lowest BCUT2D eigenvalue weighted by atomic mass is 10.1. The van der Waals surface area contributed by atoms with Crippen molar-refractivity contribution in [3.63, 3.8) is 0 Å². The van der Waals surface area contributed by atoms with Crippen LogP contribution in [0.2, 0.25) is 0 Å². The third kappa shape index (κ3) is 3.35. The first kappa shape index (κ1) is 16.1. The van der Waals surface area contributed by atoms with Gasteiger partial charge in [-0.1, -0.05) is 13.3 Å². The van der Waals surface area contributed by atoms with E-state index in [0.717, 1.165) is 12.8 Å². The van der Waals surface area contributed by atoms with E-state index < -0.39 is 0 Å². The first-order valence-electron chi connectivity index (χ1n) is 6.74. The summed E-state index contributed by atoms with van der Waals surface area (Å²) in [6.07, 6.45) is 1.98. The second kappa shape index (κ2) is 7.03. The van der Waals surface area contributed by atoms with Crippen LogP contribution in [-0.2, 0) is 0 Å². The van der Waals surface area contributed by atoms with Crippen LogP contribution in [0.5, 0.6) is 11.5 Å². The van der Waals surface area contributed by atoms with E-state index in [1.807, 2.05) is 6.92 Å². The maximum absolute atomic E-state index is 12.5. The number of methoxy groups -OCH3 is 2. The van der Waals surface area contributed by atoms with Gasteiger partial charge in [0.25, 0.3) is 5.91 Å². The average molecular weight is 280 g/mol. The van der Waals surface area contributed by atoms with Gasteiger partial charge in [-0.15, -0.1) is 0 Å². The monoisotopic (exact) mass is 280 g/mol. The van der Waals surface area contributed by atoms with E-state index >= 15 is 0 Å². The van der Waals surface area contributed by atoms with Gasteiger partial charge in [-0.25, -0.2) is 0 Å². The molecule has 1 aromatic rings. The molecule has 1 rings (SSSR count). The molecular weight excluding hydrogens is 256 g/mol. The third-order valence-electron chi connectivity index (χ3n) is 3.47. The van der Waals surface area contributed by atoms with E-state index in [1.165, 1.54) is 14.2 Å². The molecular formula is C15H24N2O3. The van der Waals surface area contributed by atoms with Gasteiger partial charge in [0.05, 0.1) is 19.8 Å². The fraction of sp³-hybridized carbons (Fsp3) is 0.533. The highest BCUT2D eigenvalue weighted by Gasteiger charge is 2.21. The van der Waals surface area contributed by atoms with E-state index in [9.17, 15) is 4.79 Å². The van der Waals surface area contributed by atoms with E-state index in [2.05, 4.69) is 6.92 Å². The zero-order valence-electron chi connectivity index (χ0n) is 12.9. The minimum Gasteiger partial charge on any atom is -0.493 e. The number of rotatable bonds is 6. The first-order valence-corrected chi connectivity index (χ1v) is 6.74. The Bertz CT molecular complexity index is 474. The SMILES string of the molecule is CCCC(C)N(C)C(=O)c1cc(OC)c(OC)cc1N. The maximum Gasteiger partial charge on any atom is 0.256 e. The Hall–Kier alpha value is -1.91. The molecule has 0 aliphatic heterocycles. The highest BCUT2D eigenvalue weighted by molar-refractivity contribution is 6.00. The number of anilines is 1. The summed E-state index contributed by atoms with van der Waals surface area (Å²) in [5.41, 5.74) is 6.78. The molecule has 1 atom stereocenters. The number of nitrogens with zero attached hydrogens (tertiary/aromatic N) is 1. The molecule has 0 saturated carbocycles. The number of nitrogen functional groups attached to an aromatic ring is 1. The summed E-state index contributed by atoms with van der Waals surface area (Å²) in [5.74, 6) is 0.914. The minimum absolute atomic E-state index is 0.107. The molecule has 0 saturated heterocycles. The van der Waals surface area contributed by atoms with E-state index in [4.69, 9.17) is 15.2 Å². The number of hydrogen-bond acceptors (Lipinski definition) is 4. The van der Waals surface area contributed by atoms with Crippen molar-refractivity contribution in [1.82, 2.24) is 4.90 Å². The molecule has 1 amide bonds. The predicted octanol–water partition coefficient (Wildman–Crippen LogP) is 2.55. The summed E-state index contributed by atoms with van der Waals surface area (Å²) in [6.45, 7) is 4.12. The summed E-state index contributed by atoms with van der Waals surface area (Å²) < 4.78 is 10.4. The number of amides is 1. The van der Waals surface area contributed by atoms with Crippen LogP contribution in [0.4, 0.5) is 5.69 Å². The summed E-state index contributed by atoms with van der Waals surface area (Å²) in [5, 5.41) is 0. The van der Waals surface area contributed by atoms with Crippen LogP contribution in [0.1, 0.15) is 37.0 Å². The van der Waals surface area contributed by atoms with Crippen LogP contribution in [0, 0.1) is 0 Å². The third-order valence-corrected chi connectivity index (χ3v) is 3.47. The highest BCUT2D eigenvalue weighted by atomic mass is 16.5. The van der Waals surface area contributed by atoms with Gasteiger partial charge in [-0.3, -0.25) is 4.79 Å². The lowest BCUT2D eigenvalue weighted by molar-refractivity contribution is 0.0737. The van der Waals surface area contributed by atoms with Crippen molar-refractivity contribution in [3.05, 3.63) is 17.7 Å². The summed E-state index contributed by atoms with van der Waals surface area (Å²) in [6, 6.07) is 3.41. The van der Waals surface area contributed by atoms with Crippen LogP contribution in [0.3, 0.4) is 0 Å². The highest BCUT2D eigenvalue weighted by Crippen LogP contribution is 2.32. The number of carbonyl (C=O) groups is 1. The van der Waals surface area contributed by atoms with Crippen molar-refractivity contribution in [2.75, 3.05) is 27.0 Å². The van der Waals surface area contributed by atoms with Crippen molar-refractivity contribution >= 4 is 11.6 Å². The molecule has 0 bridgehead atoms. The zero-order valence-corrected chi connectivity index (χ0v) is 12.9. The number of hydrogen-bond donors (Lipinski definition) is 1. The summed E-state index contributed by atoms with van der Waals surface area (Å²) in [4.78, 5) is 14.2. The fourth-order valence-electron chi connectivity index (χ4n) is 2.08. The van der Waals surface area contributed by atoms with Gasteiger partial charge in [0.2, 0.25) is 0 Å². The van der Waals surface area contributed by atoms with Gasteiger partial charge in [0.1, 0.15) is 0 Å². The van der Waals surface area contributed by atoms with Crippen molar-refractivity contribution in [1.29, 1.82) is 0 Å². The van der Waals surface area contributed by atoms with Crippen LogP contribution >= 0.6 is 0 Å². The molecule has 0 heterocycles. The van der Waals surface area contributed by atoms with E-state index in [-0.39, 0.29) is 11.9 Å². The molecule has 0 spiro atoms. The number of carbonyl (C=O) groups excluding carboxylic acids is 1. The molecule has 1 aromatic carbocycles. The van der Waals surface area contributed by atoms with Gasteiger partial charge in [-0.2, -0.15) is 0 Å². The Labute approximate surface area is 120 Å². The van der Waals surface area contributed by atoms with E-state index in [1.54, 1.807) is 24.1 Å². The fourth-order valence-corrected chi connectivity index (χ4v) is 2.08. The molecule has 2 N–H and O–H groups in total. The standard InChI is InChI=1S/C15H24N2O3/c1-6-7-10(2)17(3)15(18)11-8-13(19-4)14(20-5)9-12(11)16/h8-10H,6-7,16H2,1-5H3. The van der Waals surface area contributed by atoms with Gasteiger partial charge < -0.3 is 20.1 Å². The van der Waals surface area contributed by atoms with Gasteiger partial charge in [0, 0.05) is 24.8 Å². The topological polar surface area (TPSA) is 64.8 Å². The lowest BCUT2D eigenvalue weighted by Crippen LogP contribution is -2.35. The van der Waals surface area contributed by atoms with Crippen LogP contribution in [-0.4, -0.2) is 38.1 Å². The van der Waals surface area contributed by atoms with Crippen molar-refractivity contribution in [3.8, 4) is 11.5 Å². The summed E-state index contributed by atoms with van der Waals surface area (Å²) >= 11 is 0. The molecule has 5 heteroatoms. The molecule has 112 valence electrons. The molecule has 0 aromatic heterocycles. The largest absolute Gasteiger partial charge is 0.493 e. The van der Waals surface area contributed by atoms with Gasteiger partial charge in [-0.05, 0) is 19.4 Å².